The molecule has 0 saturated heterocycles. The van der Waals surface area contributed by atoms with E-state index in [9.17, 15) is 10.1 Å². The van der Waals surface area contributed by atoms with E-state index in [0.717, 1.165) is 25.9 Å². The van der Waals surface area contributed by atoms with Crippen molar-refractivity contribution in [3.8, 4) is 0 Å². The van der Waals surface area contributed by atoms with Gasteiger partial charge in [0, 0.05) is 37.0 Å². The zero-order chi connectivity index (χ0) is 13.9. The first kappa shape index (κ1) is 14.2. The number of pyridine rings is 1. The number of hydrogen-bond acceptors (Lipinski definition) is 5. The van der Waals surface area contributed by atoms with Gasteiger partial charge >= 0.3 is 5.69 Å². The molecule has 0 atom stereocenters. The summed E-state index contributed by atoms with van der Waals surface area (Å²) in [6.07, 6.45) is 4.80. The molecule has 1 heterocycles. The third kappa shape index (κ3) is 3.63. The van der Waals surface area contributed by atoms with Gasteiger partial charge in [0.05, 0.1) is 4.92 Å². The molecule has 1 aliphatic carbocycles. The van der Waals surface area contributed by atoms with Gasteiger partial charge in [0.25, 0.3) is 0 Å². The summed E-state index contributed by atoms with van der Waals surface area (Å²) in [7, 11) is 1.69. The second-order valence-electron chi connectivity index (χ2n) is 4.87. The molecule has 0 spiro atoms. The van der Waals surface area contributed by atoms with Crippen LogP contribution in [-0.2, 0) is 4.74 Å². The van der Waals surface area contributed by atoms with Crippen LogP contribution in [-0.4, -0.2) is 30.2 Å². The summed E-state index contributed by atoms with van der Waals surface area (Å²) in [4.78, 5) is 14.6. The van der Waals surface area contributed by atoms with Crippen molar-refractivity contribution in [3.05, 3.63) is 26.9 Å². The Balaban J connectivity index is 2.01. The Bertz CT molecular complexity index is 477. The zero-order valence-electron chi connectivity index (χ0n) is 10.7. The van der Waals surface area contributed by atoms with E-state index >= 15 is 0 Å². The Hall–Kier alpha value is -1.21. The fourth-order valence-corrected chi connectivity index (χ4v) is 2.30. The predicted octanol–water partition coefficient (Wildman–Crippen LogP) is 2.98. The van der Waals surface area contributed by atoms with Gasteiger partial charge in [-0.2, -0.15) is 0 Å². The van der Waals surface area contributed by atoms with E-state index in [2.05, 4.69) is 26.2 Å². The highest BCUT2D eigenvalue weighted by atomic mass is 79.9. The Kier molecular flexibility index (Phi) is 4.36. The van der Waals surface area contributed by atoms with Gasteiger partial charge in [-0.05, 0) is 40.6 Å². The number of nitrogens with zero attached hydrogens (tertiary/aromatic N) is 2. The second kappa shape index (κ2) is 5.83. The number of ether oxygens (including phenoxy) is 1. The van der Waals surface area contributed by atoms with Crippen molar-refractivity contribution in [1.29, 1.82) is 0 Å². The number of methoxy groups -OCH3 is 1. The van der Waals surface area contributed by atoms with Crippen molar-refractivity contribution < 1.29 is 9.66 Å². The van der Waals surface area contributed by atoms with Crippen molar-refractivity contribution in [3.63, 3.8) is 0 Å². The van der Waals surface area contributed by atoms with Gasteiger partial charge in [-0.25, -0.2) is 4.98 Å². The molecule has 104 valence electrons. The Morgan fingerprint density at radius 2 is 2.37 bits per heavy atom. The van der Waals surface area contributed by atoms with E-state index in [1.54, 1.807) is 13.3 Å². The monoisotopic (exact) mass is 329 g/mol. The third-order valence-corrected chi connectivity index (χ3v) is 3.89. The van der Waals surface area contributed by atoms with Gasteiger partial charge in [-0.3, -0.25) is 10.1 Å². The Labute approximate surface area is 119 Å². The van der Waals surface area contributed by atoms with Crippen LogP contribution >= 0.6 is 15.9 Å². The molecule has 1 saturated carbocycles. The third-order valence-electron chi connectivity index (χ3n) is 3.46. The molecular formula is C12H16BrN3O3. The number of hydrogen-bond donors (Lipinski definition) is 1. The predicted molar refractivity (Wildman–Crippen MR) is 75.2 cm³/mol. The van der Waals surface area contributed by atoms with Crippen LogP contribution < -0.4 is 5.32 Å². The van der Waals surface area contributed by atoms with Crippen LogP contribution in [0, 0.1) is 15.5 Å². The molecule has 2 rings (SSSR count). The van der Waals surface area contributed by atoms with Crippen molar-refractivity contribution >= 4 is 27.4 Å². The van der Waals surface area contributed by atoms with Crippen LogP contribution in [0.3, 0.4) is 0 Å². The van der Waals surface area contributed by atoms with Crippen LogP contribution in [0.4, 0.5) is 11.5 Å². The smallest absolute Gasteiger partial charge is 0.312 e. The molecule has 0 unspecified atom stereocenters. The number of halogens is 1. The number of anilines is 1. The fourth-order valence-electron chi connectivity index (χ4n) is 1.99. The van der Waals surface area contributed by atoms with Gasteiger partial charge in [0.2, 0.25) is 5.82 Å². The van der Waals surface area contributed by atoms with Crippen molar-refractivity contribution in [2.75, 3.05) is 25.6 Å². The molecule has 0 aromatic carbocycles. The second-order valence-corrected chi connectivity index (χ2v) is 5.79. The number of nitrogens with one attached hydrogen (secondary N) is 1. The molecule has 7 heteroatoms. The summed E-state index contributed by atoms with van der Waals surface area (Å²) < 4.78 is 5.69. The normalized spacial score (nSPS) is 16.1. The first-order chi connectivity index (χ1) is 9.06. The molecule has 1 aromatic heterocycles. The van der Waals surface area contributed by atoms with Crippen LogP contribution in [0.15, 0.2) is 16.7 Å². The molecular weight excluding hydrogens is 314 g/mol. The highest BCUT2D eigenvalue weighted by Gasteiger charge is 2.42. The highest BCUT2D eigenvalue weighted by Crippen LogP contribution is 2.48. The zero-order valence-corrected chi connectivity index (χ0v) is 12.3. The largest absolute Gasteiger partial charge is 0.385 e. The summed E-state index contributed by atoms with van der Waals surface area (Å²) in [6.45, 7) is 1.42. The lowest BCUT2D eigenvalue weighted by atomic mass is 10.0. The van der Waals surface area contributed by atoms with Gasteiger partial charge < -0.3 is 10.1 Å². The fraction of sp³-hybridized carbons (Fsp3) is 0.583. The highest BCUT2D eigenvalue weighted by molar-refractivity contribution is 9.10. The van der Waals surface area contributed by atoms with Crippen LogP contribution in [0.25, 0.3) is 0 Å². The molecule has 0 amide bonds. The molecule has 19 heavy (non-hydrogen) atoms. The first-order valence-corrected chi connectivity index (χ1v) is 6.88. The van der Waals surface area contributed by atoms with E-state index in [1.807, 2.05) is 0 Å². The van der Waals surface area contributed by atoms with Crippen molar-refractivity contribution in [2.45, 2.75) is 19.3 Å². The SMILES string of the molecule is COCCC1(CNc2ncc(Br)cc2[N+](=O)[O-])CC1. The van der Waals surface area contributed by atoms with E-state index in [4.69, 9.17) is 4.74 Å². The van der Waals surface area contributed by atoms with Crippen LogP contribution in [0.5, 0.6) is 0 Å². The maximum Gasteiger partial charge on any atom is 0.312 e. The standard InChI is InChI=1S/C12H16BrN3O3/c1-19-5-4-12(2-3-12)8-15-11-10(16(17)18)6-9(13)7-14-11/h6-7H,2-5,8H2,1H3,(H,14,15). The summed E-state index contributed by atoms with van der Waals surface area (Å²) in [6, 6.07) is 1.46. The first-order valence-electron chi connectivity index (χ1n) is 6.09. The van der Waals surface area contributed by atoms with Crippen molar-refractivity contribution in [1.82, 2.24) is 4.98 Å². The number of nitro groups is 1. The summed E-state index contributed by atoms with van der Waals surface area (Å²) in [5.41, 5.74) is 0.218. The quantitative estimate of drug-likeness (QED) is 0.614. The van der Waals surface area contributed by atoms with E-state index in [1.165, 1.54) is 6.07 Å². The lowest BCUT2D eigenvalue weighted by Crippen LogP contribution is -2.18. The van der Waals surface area contributed by atoms with E-state index in [-0.39, 0.29) is 11.1 Å². The molecule has 1 N–H and O–H groups in total. The Morgan fingerprint density at radius 3 is 2.95 bits per heavy atom. The van der Waals surface area contributed by atoms with Crippen LogP contribution in [0.2, 0.25) is 0 Å². The molecule has 0 bridgehead atoms. The maximum atomic E-state index is 11.0. The van der Waals surface area contributed by atoms with Gasteiger partial charge in [0.1, 0.15) is 0 Å². The minimum atomic E-state index is -0.422. The molecule has 1 fully saturated rings. The lowest BCUT2D eigenvalue weighted by molar-refractivity contribution is -0.384. The van der Waals surface area contributed by atoms with Gasteiger partial charge in [-0.15, -0.1) is 0 Å². The van der Waals surface area contributed by atoms with E-state index < -0.39 is 4.92 Å². The average molecular weight is 330 g/mol. The molecule has 0 radical (unpaired) electrons. The average Bonchev–Trinajstić information content (AvgIpc) is 3.15. The van der Waals surface area contributed by atoms with Crippen molar-refractivity contribution in [2.24, 2.45) is 5.41 Å². The minimum Gasteiger partial charge on any atom is -0.385 e. The van der Waals surface area contributed by atoms with Crippen LogP contribution in [0.1, 0.15) is 19.3 Å². The maximum absolute atomic E-state index is 11.0. The minimum absolute atomic E-state index is 0.00286. The summed E-state index contributed by atoms with van der Waals surface area (Å²) in [5.74, 6) is 0.330. The lowest BCUT2D eigenvalue weighted by Gasteiger charge is -2.15. The molecule has 6 nitrogen and oxygen atoms in total. The summed E-state index contributed by atoms with van der Waals surface area (Å²) >= 11 is 3.19. The number of rotatable bonds is 7. The molecule has 0 aliphatic heterocycles. The summed E-state index contributed by atoms with van der Waals surface area (Å²) in [5, 5.41) is 14.1. The Morgan fingerprint density at radius 1 is 1.63 bits per heavy atom. The molecule has 1 aromatic rings. The van der Waals surface area contributed by atoms with Gasteiger partial charge in [0.15, 0.2) is 0 Å². The van der Waals surface area contributed by atoms with Gasteiger partial charge in [-0.1, -0.05) is 0 Å². The topological polar surface area (TPSA) is 77.3 Å². The molecule has 1 aliphatic rings. The van der Waals surface area contributed by atoms with E-state index in [0.29, 0.717) is 16.8 Å². The number of aromatic nitrogens is 1.